The summed E-state index contributed by atoms with van der Waals surface area (Å²) in [6.07, 6.45) is -19.9. The SMILES string of the molecule is [CH2][CH2][Zn][O]C(C(F)(F)F)(C(F)(F)F)C(F)(F)F. The van der Waals surface area contributed by atoms with E-state index in [0.29, 0.717) is 0 Å². The summed E-state index contributed by atoms with van der Waals surface area (Å²) >= 11 is -3.13. The van der Waals surface area contributed by atoms with Crippen LogP contribution in [0.3, 0.4) is 0 Å². The second-order valence-corrected chi connectivity index (χ2v) is 5.82. The van der Waals surface area contributed by atoms with E-state index in [1.54, 1.807) is 0 Å². The summed E-state index contributed by atoms with van der Waals surface area (Å²) in [6, 6.07) is 0. The molecular weight excluding hydrogens is 324 g/mol. The van der Waals surface area contributed by atoms with Crippen LogP contribution in [-0.4, -0.2) is 24.1 Å². The molecule has 0 unspecified atom stereocenters. The maximum absolute atomic E-state index is 12.1. The molecule has 0 amide bonds. The first kappa shape index (κ1) is 17.0. The molecule has 11 heteroatoms. The Morgan fingerprint density at radius 2 is 1.06 bits per heavy atom. The van der Waals surface area contributed by atoms with Crippen LogP contribution in [-0.2, 0) is 21.1 Å². The molecule has 0 aromatic carbocycles. The van der Waals surface area contributed by atoms with Crippen molar-refractivity contribution >= 4 is 0 Å². The van der Waals surface area contributed by atoms with E-state index in [1.165, 1.54) is 0 Å². The summed E-state index contributed by atoms with van der Waals surface area (Å²) < 4.78 is 112. The van der Waals surface area contributed by atoms with E-state index >= 15 is 0 Å². The zero-order chi connectivity index (χ0) is 14.1. The molecule has 0 N–H and O–H groups in total. The fourth-order valence-corrected chi connectivity index (χ4v) is 2.93. The third-order valence-corrected chi connectivity index (χ3v) is 3.60. The molecule has 0 saturated heterocycles. The first-order chi connectivity index (χ1) is 7.31. The molecule has 0 heterocycles. The molecule has 17 heavy (non-hydrogen) atoms. The summed E-state index contributed by atoms with van der Waals surface area (Å²) in [7, 11) is 0. The van der Waals surface area contributed by atoms with Crippen molar-refractivity contribution in [2.24, 2.45) is 0 Å². The van der Waals surface area contributed by atoms with Gasteiger partial charge >= 0.3 is 96.6 Å². The summed E-state index contributed by atoms with van der Waals surface area (Å²) in [5.41, 5.74) is -6.09. The Morgan fingerprint density at radius 3 is 1.24 bits per heavy atom. The van der Waals surface area contributed by atoms with Crippen LogP contribution in [0.15, 0.2) is 0 Å². The van der Waals surface area contributed by atoms with Gasteiger partial charge in [0.2, 0.25) is 0 Å². The van der Waals surface area contributed by atoms with Gasteiger partial charge in [0.15, 0.2) is 0 Å². The number of hydrogen-bond acceptors (Lipinski definition) is 1. The first-order valence-electron chi connectivity index (χ1n) is 3.94. The minimum atomic E-state index is -6.62. The van der Waals surface area contributed by atoms with Crippen LogP contribution in [0.1, 0.15) is 0 Å². The van der Waals surface area contributed by atoms with Crippen molar-refractivity contribution in [1.82, 2.24) is 0 Å². The average molecular weight is 328 g/mol. The predicted octanol–water partition coefficient (Wildman–Crippen LogP) is 3.68. The Morgan fingerprint density at radius 1 is 0.765 bits per heavy atom. The van der Waals surface area contributed by atoms with Gasteiger partial charge in [-0.1, -0.05) is 0 Å². The van der Waals surface area contributed by atoms with Gasteiger partial charge in [0, 0.05) is 0 Å². The van der Waals surface area contributed by atoms with Crippen molar-refractivity contribution in [3.8, 4) is 0 Å². The summed E-state index contributed by atoms with van der Waals surface area (Å²) in [6.45, 7) is 2.89. The van der Waals surface area contributed by atoms with E-state index in [-0.39, 0.29) is 0 Å². The summed E-state index contributed by atoms with van der Waals surface area (Å²) in [5.74, 6) is 0. The van der Waals surface area contributed by atoms with E-state index in [2.05, 4.69) is 10.5 Å². The third-order valence-electron chi connectivity index (χ3n) is 1.66. The Kier molecular flexibility index (Phi) is 4.90. The third kappa shape index (κ3) is 3.04. The van der Waals surface area contributed by atoms with Crippen molar-refractivity contribution in [3.63, 3.8) is 0 Å². The second-order valence-electron chi connectivity index (χ2n) is 2.88. The van der Waals surface area contributed by atoms with Crippen LogP contribution in [0.2, 0.25) is 5.02 Å². The van der Waals surface area contributed by atoms with Gasteiger partial charge < -0.3 is 0 Å². The van der Waals surface area contributed by atoms with Crippen LogP contribution in [0, 0.1) is 6.92 Å². The van der Waals surface area contributed by atoms with Crippen molar-refractivity contribution in [3.05, 3.63) is 6.92 Å². The van der Waals surface area contributed by atoms with Crippen molar-refractivity contribution < 1.29 is 60.6 Å². The van der Waals surface area contributed by atoms with Crippen molar-refractivity contribution in [2.75, 3.05) is 0 Å². The molecule has 0 atom stereocenters. The second kappa shape index (κ2) is 4.91. The number of halogens is 9. The number of alkyl halides is 9. The summed E-state index contributed by atoms with van der Waals surface area (Å²) in [4.78, 5) is 0. The normalized spacial score (nSPS) is 14.7. The van der Waals surface area contributed by atoms with Gasteiger partial charge in [-0.25, -0.2) is 0 Å². The van der Waals surface area contributed by atoms with E-state index in [9.17, 15) is 39.5 Å². The van der Waals surface area contributed by atoms with E-state index in [1.807, 2.05) is 0 Å². The van der Waals surface area contributed by atoms with Crippen molar-refractivity contribution in [1.29, 1.82) is 0 Å². The van der Waals surface area contributed by atoms with Gasteiger partial charge in [-0.3, -0.25) is 0 Å². The molecule has 99 valence electrons. The molecule has 0 aromatic heterocycles. The Bertz CT molecular complexity index is 216. The zero-order valence-electron chi connectivity index (χ0n) is 7.93. The van der Waals surface area contributed by atoms with Gasteiger partial charge in [0.05, 0.1) is 0 Å². The van der Waals surface area contributed by atoms with Gasteiger partial charge in [-0.2, -0.15) is 0 Å². The Hall–Kier alpha value is -0.0466. The molecule has 0 rings (SSSR count). The molecule has 0 aromatic rings. The molecule has 1 radical (unpaired) electrons. The predicted molar refractivity (Wildman–Crippen MR) is 32.1 cm³/mol. The van der Waals surface area contributed by atoms with Gasteiger partial charge in [-0.05, 0) is 0 Å². The molecule has 0 aliphatic heterocycles. The molecular formula is C6H4F9OZn. The molecule has 0 aliphatic rings. The molecule has 0 spiro atoms. The first-order valence-corrected chi connectivity index (χ1v) is 7.25. The number of rotatable bonds is 3. The van der Waals surface area contributed by atoms with Crippen molar-refractivity contribution in [2.45, 2.75) is 29.1 Å². The Balaban J connectivity index is 5.75. The van der Waals surface area contributed by atoms with Crippen LogP contribution in [0.4, 0.5) is 39.5 Å². The molecule has 0 bridgehead atoms. The van der Waals surface area contributed by atoms with Crippen LogP contribution in [0.25, 0.3) is 0 Å². The summed E-state index contributed by atoms with van der Waals surface area (Å²) in [5, 5.41) is -0.489. The Labute approximate surface area is 97.3 Å². The van der Waals surface area contributed by atoms with Gasteiger partial charge in [-0.15, -0.1) is 0 Å². The fraction of sp³-hybridized carbons (Fsp3) is 0.833. The zero-order valence-corrected chi connectivity index (χ0v) is 10.9. The monoisotopic (exact) mass is 327 g/mol. The molecule has 0 aliphatic carbocycles. The van der Waals surface area contributed by atoms with Crippen LogP contribution >= 0.6 is 0 Å². The van der Waals surface area contributed by atoms with E-state index < -0.39 is 46.6 Å². The molecule has 0 saturated carbocycles. The van der Waals surface area contributed by atoms with Crippen LogP contribution < -0.4 is 0 Å². The van der Waals surface area contributed by atoms with Gasteiger partial charge in [0.25, 0.3) is 0 Å². The topological polar surface area (TPSA) is 9.23 Å². The standard InChI is InChI=1S/C4F9O.C2H4.Zn/c5-2(6,7)1(14,3(8,9)10)4(11,12)13;1-2;/h;1-2H2;/q-1;;+1. The maximum atomic E-state index is 12.1. The van der Waals surface area contributed by atoms with E-state index in [0.717, 1.165) is 0 Å². The fourth-order valence-electron chi connectivity index (χ4n) is 0.953. The quantitative estimate of drug-likeness (QED) is 0.567. The minimum absolute atomic E-state index is 0.489. The number of hydrogen-bond donors (Lipinski definition) is 0. The van der Waals surface area contributed by atoms with Crippen LogP contribution in [0.5, 0.6) is 0 Å². The average Bonchev–Trinajstić information content (AvgIpc) is 1.96. The van der Waals surface area contributed by atoms with E-state index in [4.69, 9.17) is 0 Å². The molecule has 1 nitrogen and oxygen atoms in total. The van der Waals surface area contributed by atoms with Gasteiger partial charge in [0.1, 0.15) is 0 Å². The molecule has 0 fully saturated rings.